The monoisotopic (exact) mass is 399 g/mol. The highest BCUT2D eigenvalue weighted by Gasteiger charge is 2.14. The molecule has 4 rings (SSSR count). The molecule has 4 aromatic rings. The minimum absolute atomic E-state index is 0.136. The Morgan fingerprint density at radius 1 is 1.03 bits per heavy atom. The molecule has 0 aliphatic rings. The molecule has 1 N–H and O–H groups in total. The number of amides is 1. The molecule has 6 nitrogen and oxygen atoms in total. The molecule has 6 heteroatoms. The third-order valence-corrected chi connectivity index (χ3v) is 5.00. The van der Waals surface area contributed by atoms with E-state index in [1.807, 2.05) is 55.5 Å². The van der Waals surface area contributed by atoms with Gasteiger partial charge in [0.05, 0.1) is 29.7 Å². The highest BCUT2D eigenvalue weighted by atomic mass is 16.5. The number of hydrogen-bond acceptors (Lipinski definition) is 4. The second-order valence-electron chi connectivity index (χ2n) is 6.96. The van der Waals surface area contributed by atoms with Crippen LogP contribution in [0.25, 0.3) is 16.6 Å². The van der Waals surface area contributed by atoms with E-state index < -0.39 is 0 Å². The molecular formula is C24H21N3O3. The quantitative estimate of drug-likeness (QED) is 0.553. The van der Waals surface area contributed by atoms with Crippen LogP contribution in [0.3, 0.4) is 0 Å². The van der Waals surface area contributed by atoms with Crippen LogP contribution in [-0.2, 0) is 0 Å². The van der Waals surface area contributed by atoms with E-state index in [0.29, 0.717) is 27.9 Å². The van der Waals surface area contributed by atoms with Crippen LogP contribution in [0.4, 0.5) is 0 Å². The molecule has 1 atom stereocenters. The predicted molar refractivity (Wildman–Crippen MR) is 116 cm³/mol. The number of fused-ring (bicyclic) bond motifs is 1. The first-order chi connectivity index (χ1) is 14.6. The molecule has 0 bridgehead atoms. The number of rotatable bonds is 5. The third-order valence-electron chi connectivity index (χ3n) is 5.00. The Labute approximate surface area is 173 Å². The van der Waals surface area contributed by atoms with E-state index in [1.54, 1.807) is 31.4 Å². The van der Waals surface area contributed by atoms with Gasteiger partial charge in [0.2, 0.25) is 0 Å². The zero-order chi connectivity index (χ0) is 21.1. The minimum atomic E-state index is -0.216. The lowest BCUT2D eigenvalue weighted by molar-refractivity contribution is 0.0940. The first-order valence-corrected chi connectivity index (χ1v) is 9.58. The summed E-state index contributed by atoms with van der Waals surface area (Å²) in [6, 6.07) is 21.7. The van der Waals surface area contributed by atoms with E-state index in [4.69, 9.17) is 4.74 Å². The van der Waals surface area contributed by atoms with E-state index in [2.05, 4.69) is 10.3 Å². The number of methoxy groups -OCH3 is 1. The number of aromatic nitrogens is 2. The summed E-state index contributed by atoms with van der Waals surface area (Å²) in [6.45, 7) is 1.93. The second kappa shape index (κ2) is 8.21. The Morgan fingerprint density at radius 2 is 1.83 bits per heavy atom. The van der Waals surface area contributed by atoms with Crippen molar-refractivity contribution >= 4 is 16.8 Å². The van der Waals surface area contributed by atoms with Gasteiger partial charge >= 0.3 is 0 Å². The maximum Gasteiger partial charge on any atom is 0.265 e. The van der Waals surface area contributed by atoms with E-state index in [9.17, 15) is 9.59 Å². The molecule has 150 valence electrons. The second-order valence-corrected chi connectivity index (χ2v) is 6.96. The Hall–Kier alpha value is -3.93. The number of carbonyl (C=O) groups is 1. The largest absolute Gasteiger partial charge is 0.497 e. The maximum atomic E-state index is 13.0. The molecule has 1 heterocycles. The van der Waals surface area contributed by atoms with Gasteiger partial charge in [0.25, 0.3) is 11.5 Å². The van der Waals surface area contributed by atoms with Gasteiger partial charge < -0.3 is 10.1 Å². The lowest BCUT2D eigenvalue weighted by atomic mass is 10.1. The SMILES string of the molecule is COc1cccc(-n2cnc3cc(C(=O)NC(C)c4ccccc4)ccc3c2=O)c1. The van der Waals surface area contributed by atoms with E-state index >= 15 is 0 Å². The molecule has 30 heavy (non-hydrogen) atoms. The van der Waals surface area contributed by atoms with Crippen LogP contribution in [0, 0.1) is 0 Å². The number of carbonyl (C=O) groups excluding carboxylic acids is 1. The molecule has 1 amide bonds. The fourth-order valence-electron chi connectivity index (χ4n) is 3.31. The van der Waals surface area contributed by atoms with Gasteiger partial charge in [0, 0.05) is 11.6 Å². The lowest BCUT2D eigenvalue weighted by Gasteiger charge is -2.14. The Kier molecular flexibility index (Phi) is 5.30. The van der Waals surface area contributed by atoms with Gasteiger partial charge in [-0.3, -0.25) is 14.2 Å². The summed E-state index contributed by atoms with van der Waals surface area (Å²) in [6.07, 6.45) is 1.47. The average Bonchev–Trinajstić information content (AvgIpc) is 2.79. The predicted octanol–water partition coefficient (Wildman–Crippen LogP) is 3.89. The lowest BCUT2D eigenvalue weighted by Crippen LogP contribution is -2.26. The minimum Gasteiger partial charge on any atom is -0.497 e. The van der Waals surface area contributed by atoms with Gasteiger partial charge in [0.15, 0.2) is 0 Å². The summed E-state index contributed by atoms with van der Waals surface area (Å²) < 4.78 is 6.69. The third kappa shape index (κ3) is 3.80. The number of nitrogens with zero attached hydrogens (tertiary/aromatic N) is 2. The fourth-order valence-corrected chi connectivity index (χ4v) is 3.31. The normalized spacial score (nSPS) is 11.8. The van der Waals surface area contributed by atoms with Crippen molar-refractivity contribution < 1.29 is 9.53 Å². The smallest absolute Gasteiger partial charge is 0.265 e. The van der Waals surface area contributed by atoms with Crippen molar-refractivity contribution in [2.45, 2.75) is 13.0 Å². The summed E-state index contributed by atoms with van der Waals surface area (Å²) in [5, 5.41) is 3.42. The molecule has 0 radical (unpaired) electrons. The zero-order valence-corrected chi connectivity index (χ0v) is 16.7. The number of nitrogens with one attached hydrogen (secondary N) is 1. The van der Waals surface area contributed by atoms with Crippen LogP contribution in [0.2, 0.25) is 0 Å². The van der Waals surface area contributed by atoms with Crippen molar-refractivity contribution in [1.82, 2.24) is 14.9 Å². The van der Waals surface area contributed by atoms with Crippen molar-refractivity contribution in [3.63, 3.8) is 0 Å². The van der Waals surface area contributed by atoms with Crippen molar-refractivity contribution in [3.8, 4) is 11.4 Å². The Balaban J connectivity index is 1.63. The van der Waals surface area contributed by atoms with Gasteiger partial charge in [-0.2, -0.15) is 0 Å². The van der Waals surface area contributed by atoms with Crippen molar-refractivity contribution in [1.29, 1.82) is 0 Å². The first kappa shape index (κ1) is 19.4. The molecule has 0 saturated carbocycles. The van der Waals surface area contributed by atoms with Crippen LogP contribution >= 0.6 is 0 Å². The molecule has 0 saturated heterocycles. The first-order valence-electron chi connectivity index (χ1n) is 9.58. The Morgan fingerprint density at radius 3 is 2.60 bits per heavy atom. The summed E-state index contributed by atoms with van der Waals surface area (Å²) in [5.74, 6) is 0.436. The molecule has 3 aromatic carbocycles. The molecule has 0 aliphatic heterocycles. The van der Waals surface area contributed by atoms with Crippen molar-refractivity contribution in [2.24, 2.45) is 0 Å². The van der Waals surface area contributed by atoms with Crippen LogP contribution in [0.5, 0.6) is 5.75 Å². The molecule has 0 fully saturated rings. The fraction of sp³-hybridized carbons (Fsp3) is 0.125. The van der Waals surface area contributed by atoms with Gasteiger partial charge in [-0.05, 0) is 42.8 Å². The van der Waals surface area contributed by atoms with E-state index in [0.717, 1.165) is 5.56 Å². The zero-order valence-electron chi connectivity index (χ0n) is 16.7. The van der Waals surface area contributed by atoms with Gasteiger partial charge in [-0.1, -0.05) is 36.4 Å². The molecule has 0 aliphatic carbocycles. The number of benzene rings is 3. The van der Waals surface area contributed by atoms with Crippen LogP contribution < -0.4 is 15.6 Å². The average molecular weight is 399 g/mol. The van der Waals surface area contributed by atoms with E-state index in [-0.39, 0.29) is 17.5 Å². The Bertz CT molecular complexity index is 1270. The topological polar surface area (TPSA) is 73.2 Å². The van der Waals surface area contributed by atoms with Crippen LogP contribution in [0.1, 0.15) is 28.9 Å². The molecule has 0 spiro atoms. The van der Waals surface area contributed by atoms with Gasteiger partial charge in [-0.25, -0.2) is 4.98 Å². The summed E-state index contributed by atoms with van der Waals surface area (Å²) in [5.41, 5.74) is 2.39. The molecule has 1 unspecified atom stereocenters. The van der Waals surface area contributed by atoms with Crippen molar-refractivity contribution in [2.75, 3.05) is 7.11 Å². The molecular weight excluding hydrogens is 378 g/mol. The van der Waals surface area contributed by atoms with Gasteiger partial charge in [0.1, 0.15) is 12.1 Å². The summed E-state index contributed by atoms with van der Waals surface area (Å²) >= 11 is 0. The molecule has 1 aromatic heterocycles. The van der Waals surface area contributed by atoms with E-state index in [1.165, 1.54) is 10.9 Å². The van der Waals surface area contributed by atoms with Crippen LogP contribution in [0.15, 0.2) is 83.9 Å². The highest BCUT2D eigenvalue weighted by Crippen LogP contribution is 2.17. The highest BCUT2D eigenvalue weighted by molar-refractivity contribution is 5.97. The summed E-state index contributed by atoms with van der Waals surface area (Å²) in [7, 11) is 1.58. The van der Waals surface area contributed by atoms with Crippen LogP contribution in [-0.4, -0.2) is 22.6 Å². The summed E-state index contributed by atoms with van der Waals surface area (Å²) in [4.78, 5) is 30.0. The maximum absolute atomic E-state index is 13.0. The number of ether oxygens (including phenoxy) is 1. The van der Waals surface area contributed by atoms with Crippen molar-refractivity contribution in [3.05, 3.63) is 101 Å². The standard InChI is InChI=1S/C24H21N3O3/c1-16(17-7-4-3-5-8-17)26-23(28)18-11-12-21-22(13-18)25-15-27(24(21)29)19-9-6-10-20(14-19)30-2/h3-16H,1-2H3,(H,26,28). The van der Waals surface area contributed by atoms with Gasteiger partial charge in [-0.15, -0.1) is 0 Å². The number of hydrogen-bond donors (Lipinski definition) is 1.